The number of likely N-dealkylation sites (tertiary alicyclic amines) is 1. The number of esters is 1. The number of nitrogens with zero attached hydrogens (tertiary/aromatic N) is 3. The zero-order chi connectivity index (χ0) is 29.8. The number of ether oxygens (including phenoxy) is 1. The Hall–Kier alpha value is -4.93. The maximum Gasteiger partial charge on any atom is 0.329 e. The number of nitrogens with one attached hydrogen (secondary N) is 1. The van der Waals surface area contributed by atoms with E-state index in [0.717, 1.165) is 5.56 Å². The highest BCUT2D eigenvalue weighted by molar-refractivity contribution is 5.99. The van der Waals surface area contributed by atoms with Crippen LogP contribution in [0, 0.1) is 5.41 Å². The number of carbonyl (C=O) groups excluding carboxylic acids is 3. The molecule has 7 rings (SSSR count). The molecule has 3 atom stereocenters. The second-order valence-corrected chi connectivity index (χ2v) is 11.3. The lowest BCUT2D eigenvalue weighted by Gasteiger charge is -2.26. The number of carbonyl (C=O) groups is 3. The first-order valence-electron chi connectivity index (χ1n) is 13.9. The number of benzene rings is 3. The molecular weight excluding hydrogens is 558 g/mol. The van der Waals surface area contributed by atoms with E-state index in [0.29, 0.717) is 30.7 Å². The Morgan fingerprint density at radius 3 is 2.53 bits per heavy atom. The fourth-order valence-corrected chi connectivity index (χ4v) is 6.51. The molecule has 0 unspecified atom stereocenters. The normalized spacial score (nSPS) is 22.3. The van der Waals surface area contributed by atoms with E-state index in [2.05, 4.69) is 15.5 Å². The van der Waals surface area contributed by atoms with Gasteiger partial charge < -0.3 is 19.5 Å². The maximum atomic E-state index is 14.9. The van der Waals surface area contributed by atoms with Crippen LogP contribution in [0.3, 0.4) is 0 Å². The minimum atomic E-state index is -3.16. The first kappa shape index (κ1) is 26.9. The lowest BCUT2D eigenvalue weighted by Crippen LogP contribution is -2.48. The molecule has 2 heterocycles. The van der Waals surface area contributed by atoms with Gasteiger partial charge in [-0.15, -0.1) is 0 Å². The lowest BCUT2D eigenvalue weighted by molar-refractivity contribution is -0.155. The SMILES string of the molecule is O=C(NCC(=O)N1[C@H]2C[C@@]2(Cc2ncno2)C[C@H]1C(=O)OCc1ccccc1)c1ccc2c(c1)-c1ccccc1C2(F)F. The molecule has 218 valence electrons. The number of piperidine rings is 1. The highest BCUT2D eigenvalue weighted by Crippen LogP contribution is 2.61. The predicted octanol–water partition coefficient (Wildman–Crippen LogP) is 4.27. The van der Waals surface area contributed by atoms with Gasteiger partial charge in [-0.25, -0.2) is 4.79 Å². The second kappa shape index (κ2) is 10.1. The standard InChI is InChI=1S/C32H26F2N4O5/c33-32(34)23-9-5-4-8-21(23)22-12-20(10-11-24(22)32)29(40)35-16-28(39)38-25(30(41)42-17-19-6-2-1-3-7-19)13-31(14-26(31)38)15-27-36-18-37-43-27/h1-12,18,25-26H,13-17H2,(H,35,40)/t25-,26-,31+/m0/s1. The Morgan fingerprint density at radius 1 is 0.977 bits per heavy atom. The van der Waals surface area contributed by atoms with Gasteiger partial charge in [-0.05, 0) is 41.7 Å². The van der Waals surface area contributed by atoms with Crippen molar-refractivity contribution in [3.8, 4) is 11.1 Å². The molecule has 1 N–H and O–H groups in total. The summed E-state index contributed by atoms with van der Waals surface area (Å²) >= 11 is 0. The summed E-state index contributed by atoms with van der Waals surface area (Å²) in [5, 5.41) is 6.27. The fourth-order valence-electron chi connectivity index (χ4n) is 6.51. The lowest BCUT2D eigenvalue weighted by atomic mass is 9.95. The van der Waals surface area contributed by atoms with Gasteiger partial charge in [-0.1, -0.05) is 65.8 Å². The largest absolute Gasteiger partial charge is 0.459 e. The van der Waals surface area contributed by atoms with Crippen molar-refractivity contribution in [1.29, 1.82) is 0 Å². The molecule has 1 aliphatic heterocycles. The van der Waals surface area contributed by atoms with E-state index in [1.807, 2.05) is 30.3 Å². The average molecular weight is 585 g/mol. The van der Waals surface area contributed by atoms with Crippen LogP contribution < -0.4 is 5.32 Å². The second-order valence-electron chi connectivity index (χ2n) is 11.3. The van der Waals surface area contributed by atoms with E-state index < -0.39 is 35.2 Å². The monoisotopic (exact) mass is 584 g/mol. The zero-order valence-corrected chi connectivity index (χ0v) is 22.8. The Kier molecular flexibility index (Phi) is 6.33. The minimum absolute atomic E-state index is 0.0662. The molecule has 2 aliphatic carbocycles. The minimum Gasteiger partial charge on any atom is -0.459 e. The first-order chi connectivity index (χ1) is 20.8. The van der Waals surface area contributed by atoms with Crippen LogP contribution in [0.5, 0.6) is 0 Å². The molecule has 9 nitrogen and oxygen atoms in total. The van der Waals surface area contributed by atoms with Gasteiger partial charge in [-0.3, -0.25) is 9.59 Å². The molecule has 3 aromatic carbocycles. The Bertz CT molecular complexity index is 1730. The molecule has 1 saturated heterocycles. The fraction of sp³-hybridized carbons (Fsp3) is 0.281. The van der Waals surface area contributed by atoms with Crippen molar-refractivity contribution in [3.05, 3.63) is 107 Å². The number of amides is 2. The molecule has 3 aliphatic rings. The highest BCUT2D eigenvalue weighted by atomic mass is 19.3. The van der Waals surface area contributed by atoms with Crippen molar-refractivity contribution in [2.24, 2.45) is 5.41 Å². The third kappa shape index (κ3) is 4.65. The number of hydrogen-bond acceptors (Lipinski definition) is 7. The predicted molar refractivity (Wildman–Crippen MR) is 148 cm³/mol. The number of rotatable bonds is 8. The zero-order valence-electron chi connectivity index (χ0n) is 22.8. The van der Waals surface area contributed by atoms with Crippen molar-refractivity contribution in [2.75, 3.05) is 6.54 Å². The van der Waals surface area contributed by atoms with Crippen molar-refractivity contribution in [1.82, 2.24) is 20.4 Å². The molecule has 11 heteroatoms. The molecule has 43 heavy (non-hydrogen) atoms. The molecule has 0 radical (unpaired) electrons. The van der Waals surface area contributed by atoms with E-state index in [1.54, 1.807) is 18.2 Å². The number of aromatic nitrogens is 2. The summed E-state index contributed by atoms with van der Waals surface area (Å²) in [7, 11) is 0. The van der Waals surface area contributed by atoms with Crippen molar-refractivity contribution >= 4 is 17.8 Å². The van der Waals surface area contributed by atoms with Gasteiger partial charge in [0, 0.05) is 34.6 Å². The van der Waals surface area contributed by atoms with Gasteiger partial charge >= 0.3 is 5.97 Å². The van der Waals surface area contributed by atoms with Gasteiger partial charge in [0.1, 0.15) is 12.6 Å². The van der Waals surface area contributed by atoms with E-state index in [-0.39, 0.29) is 41.4 Å². The number of hydrogen-bond donors (Lipinski definition) is 1. The molecule has 0 spiro atoms. The topological polar surface area (TPSA) is 115 Å². The molecule has 1 saturated carbocycles. The Balaban J connectivity index is 1.06. The van der Waals surface area contributed by atoms with Gasteiger partial charge in [0.2, 0.25) is 11.8 Å². The first-order valence-corrected chi connectivity index (χ1v) is 13.9. The smallest absolute Gasteiger partial charge is 0.329 e. The quantitative estimate of drug-likeness (QED) is 0.308. The van der Waals surface area contributed by atoms with Crippen molar-refractivity contribution in [3.63, 3.8) is 0 Å². The van der Waals surface area contributed by atoms with Crippen LogP contribution in [0.1, 0.15) is 45.8 Å². The van der Waals surface area contributed by atoms with Crippen LogP contribution in [0.4, 0.5) is 8.78 Å². The van der Waals surface area contributed by atoms with Crippen molar-refractivity contribution < 1.29 is 32.4 Å². The van der Waals surface area contributed by atoms with E-state index in [1.165, 1.54) is 35.5 Å². The van der Waals surface area contributed by atoms with E-state index in [9.17, 15) is 23.2 Å². The summed E-state index contributed by atoms with van der Waals surface area (Å²) in [5.41, 5.74) is 0.946. The van der Waals surface area contributed by atoms with Crippen LogP contribution in [0.25, 0.3) is 11.1 Å². The van der Waals surface area contributed by atoms with E-state index >= 15 is 0 Å². The number of alkyl halides is 2. The summed E-state index contributed by atoms with van der Waals surface area (Å²) in [6.07, 6.45) is 2.74. The number of halogens is 2. The third-order valence-corrected chi connectivity index (χ3v) is 8.69. The van der Waals surface area contributed by atoms with Crippen molar-refractivity contribution in [2.45, 2.75) is 43.9 Å². The number of fused-ring (bicyclic) bond motifs is 4. The molecule has 1 aromatic heterocycles. The Labute approximate surface area is 244 Å². The van der Waals surface area contributed by atoms with E-state index in [4.69, 9.17) is 9.26 Å². The molecule has 0 bridgehead atoms. The van der Waals surface area contributed by atoms with Crippen LogP contribution >= 0.6 is 0 Å². The van der Waals surface area contributed by atoms with Crippen LogP contribution in [0.2, 0.25) is 0 Å². The molecule has 4 aromatic rings. The Morgan fingerprint density at radius 2 is 1.74 bits per heavy atom. The van der Waals surface area contributed by atoms with Gasteiger partial charge in [0.25, 0.3) is 11.8 Å². The molecule has 2 fully saturated rings. The van der Waals surface area contributed by atoms with Gasteiger partial charge in [0.15, 0.2) is 6.33 Å². The highest BCUT2D eigenvalue weighted by Gasteiger charge is 2.67. The average Bonchev–Trinajstić information content (AvgIpc) is 3.29. The summed E-state index contributed by atoms with van der Waals surface area (Å²) in [6, 6.07) is 18.3. The summed E-state index contributed by atoms with van der Waals surface area (Å²) < 4.78 is 40.6. The molecule has 2 amide bonds. The maximum absolute atomic E-state index is 14.9. The van der Waals surface area contributed by atoms with Crippen LogP contribution in [-0.2, 0) is 33.3 Å². The summed E-state index contributed by atoms with van der Waals surface area (Å²) in [6.45, 7) is -0.310. The summed E-state index contributed by atoms with van der Waals surface area (Å²) in [5.74, 6) is -4.29. The van der Waals surface area contributed by atoms with Crippen LogP contribution in [0.15, 0.2) is 83.6 Å². The molecular formula is C32H26F2N4O5. The van der Waals surface area contributed by atoms with Crippen LogP contribution in [-0.4, -0.2) is 51.5 Å². The van der Waals surface area contributed by atoms with Gasteiger partial charge in [-0.2, -0.15) is 13.8 Å². The van der Waals surface area contributed by atoms with Gasteiger partial charge in [0.05, 0.1) is 6.54 Å². The summed E-state index contributed by atoms with van der Waals surface area (Å²) in [4.78, 5) is 45.5. The third-order valence-electron chi connectivity index (χ3n) is 8.69.